The molecule has 4 rings (SSSR count). The van der Waals surface area contributed by atoms with Crippen LogP contribution in [0.1, 0.15) is 17.2 Å². The molecule has 0 aliphatic heterocycles. The molecule has 0 saturated heterocycles. The number of primary amides is 1. The molecule has 4 N–H and O–H groups in total. The molecule has 1 amide bonds. The number of ether oxygens (including phenoxy) is 1. The molecule has 0 aliphatic rings. The Labute approximate surface area is 154 Å². The minimum absolute atomic E-state index is 0.348. The van der Waals surface area contributed by atoms with E-state index in [9.17, 15) is 9.90 Å². The van der Waals surface area contributed by atoms with Gasteiger partial charge in [0.05, 0.1) is 11.0 Å². The van der Waals surface area contributed by atoms with Crippen LogP contribution in [0, 0.1) is 0 Å². The van der Waals surface area contributed by atoms with Crippen LogP contribution >= 0.6 is 0 Å². The van der Waals surface area contributed by atoms with Gasteiger partial charge in [-0.25, -0.2) is 9.78 Å². The average Bonchev–Trinajstić information content (AvgIpc) is 3.11. The number of carbonyl (C=O) groups is 1. The first-order valence-corrected chi connectivity index (χ1v) is 8.25. The van der Waals surface area contributed by atoms with Crippen molar-refractivity contribution in [3.63, 3.8) is 0 Å². The number of benzene rings is 2. The summed E-state index contributed by atoms with van der Waals surface area (Å²) < 4.78 is 4.88. The van der Waals surface area contributed by atoms with Gasteiger partial charge in [-0.3, -0.25) is 4.98 Å². The first-order chi connectivity index (χ1) is 13.1. The lowest BCUT2D eigenvalue weighted by Gasteiger charge is -2.11. The van der Waals surface area contributed by atoms with Gasteiger partial charge in [0.2, 0.25) is 0 Å². The highest BCUT2D eigenvalue weighted by Crippen LogP contribution is 2.26. The summed E-state index contributed by atoms with van der Waals surface area (Å²) >= 11 is 0. The summed E-state index contributed by atoms with van der Waals surface area (Å²) in [5.74, 6) is 1.02. The Morgan fingerprint density at radius 3 is 2.44 bits per heavy atom. The van der Waals surface area contributed by atoms with Gasteiger partial charge in [0.1, 0.15) is 17.7 Å². The minimum Gasteiger partial charge on any atom is -0.410 e. The van der Waals surface area contributed by atoms with Gasteiger partial charge in [0.25, 0.3) is 0 Å². The van der Waals surface area contributed by atoms with Crippen LogP contribution in [-0.2, 0) is 0 Å². The number of rotatable bonds is 4. The van der Waals surface area contributed by atoms with E-state index in [1.807, 2.05) is 24.3 Å². The number of carbonyl (C=O) groups excluding carboxylic acids is 1. The van der Waals surface area contributed by atoms with Crippen LogP contribution in [0.2, 0.25) is 0 Å². The van der Waals surface area contributed by atoms with E-state index in [1.165, 1.54) is 0 Å². The second kappa shape index (κ2) is 6.89. The number of H-pyrrole nitrogens is 1. The van der Waals surface area contributed by atoms with Gasteiger partial charge in [-0.2, -0.15) is 0 Å². The van der Waals surface area contributed by atoms with Crippen molar-refractivity contribution in [3.8, 4) is 17.1 Å². The molecule has 0 bridgehead atoms. The predicted octanol–water partition coefficient (Wildman–Crippen LogP) is 3.16. The van der Waals surface area contributed by atoms with E-state index in [0.717, 1.165) is 27.7 Å². The zero-order valence-corrected chi connectivity index (χ0v) is 14.2. The van der Waals surface area contributed by atoms with Crippen molar-refractivity contribution in [1.82, 2.24) is 15.0 Å². The molecule has 0 spiro atoms. The van der Waals surface area contributed by atoms with Crippen LogP contribution in [0.25, 0.3) is 22.4 Å². The van der Waals surface area contributed by atoms with Crippen molar-refractivity contribution in [1.29, 1.82) is 0 Å². The number of nitrogens with two attached hydrogens (primary N) is 1. The predicted molar refractivity (Wildman–Crippen MR) is 100 cm³/mol. The Morgan fingerprint density at radius 1 is 1.04 bits per heavy atom. The van der Waals surface area contributed by atoms with Crippen molar-refractivity contribution in [2.45, 2.75) is 6.10 Å². The average molecular weight is 360 g/mol. The van der Waals surface area contributed by atoms with Gasteiger partial charge in [0, 0.05) is 24.0 Å². The molecule has 2 heterocycles. The highest BCUT2D eigenvalue weighted by molar-refractivity contribution is 5.81. The fraction of sp³-hybridized carbons (Fsp3) is 0.0500. The van der Waals surface area contributed by atoms with Crippen molar-refractivity contribution in [2.75, 3.05) is 0 Å². The van der Waals surface area contributed by atoms with Crippen LogP contribution in [0.4, 0.5) is 4.79 Å². The van der Waals surface area contributed by atoms with Crippen LogP contribution < -0.4 is 10.5 Å². The van der Waals surface area contributed by atoms with Gasteiger partial charge >= 0.3 is 6.09 Å². The van der Waals surface area contributed by atoms with E-state index in [4.69, 9.17) is 10.5 Å². The first kappa shape index (κ1) is 16.7. The van der Waals surface area contributed by atoms with Crippen molar-refractivity contribution in [3.05, 3.63) is 78.1 Å². The third kappa shape index (κ3) is 3.49. The quantitative estimate of drug-likeness (QED) is 0.517. The first-order valence-electron chi connectivity index (χ1n) is 8.25. The number of aliphatic hydroxyl groups is 1. The highest BCUT2D eigenvalue weighted by atomic mass is 16.5. The number of hydrogen-bond donors (Lipinski definition) is 3. The SMILES string of the molecule is NC(=O)Oc1ccc2nc(-c3ccc(C(O)c4ccncc4)cc3)[nH]c2c1. The Balaban J connectivity index is 1.61. The number of aromatic nitrogens is 3. The lowest BCUT2D eigenvalue weighted by atomic mass is 10.0. The third-order valence-corrected chi connectivity index (χ3v) is 4.19. The molecule has 0 fully saturated rings. The van der Waals surface area contributed by atoms with Crippen LogP contribution in [-0.4, -0.2) is 26.2 Å². The maximum Gasteiger partial charge on any atom is 0.409 e. The molecule has 0 aliphatic carbocycles. The molecule has 7 heteroatoms. The zero-order chi connectivity index (χ0) is 18.8. The summed E-state index contributed by atoms with van der Waals surface area (Å²) in [5.41, 5.74) is 8.93. The smallest absolute Gasteiger partial charge is 0.409 e. The van der Waals surface area contributed by atoms with Crippen molar-refractivity contribution in [2.24, 2.45) is 5.73 Å². The number of nitrogens with one attached hydrogen (secondary N) is 1. The molecule has 2 aromatic carbocycles. The van der Waals surface area contributed by atoms with Crippen molar-refractivity contribution >= 4 is 17.1 Å². The maximum atomic E-state index is 10.9. The van der Waals surface area contributed by atoms with E-state index in [2.05, 4.69) is 15.0 Å². The summed E-state index contributed by atoms with van der Waals surface area (Å²) in [4.78, 5) is 22.6. The summed E-state index contributed by atoms with van der Waals surface area (Å²) in [6.45, 7) is 0. The molecular weight excluding hydrogens is 344 g/mol. The number of fused-ring (bicyclic) bond motifs is 1. The molecule has 1 atom stereocenters. The van der Waals surface area contributed by atoms with Gasteiger partial charge in [-0.1, -0.05) is 24.3 Å². The number of aromatic amines is 1. The maximum absolute atomic E-state index is 10.9. The second-order valence-electron chi connectivity index (χ2n) is 5.99. The number of amides is 1. The van der Waals surface area contributed by atoms with Crippen LogP contribution in [0.5, 0.6) is 5.75 Å². The molecule has 27 heavy (non-hydrogen) atoms. The monoisotopic (exact) mass is 360 g/mol. The topological polar surface area (TPSA) is 114 Å². The van der Waals surface area contributed by atoms with E-state index >= 15 is 0 Å². The lowest BCUT2D eigenvalue weighted by molar-refractivity contribution is 0.211. The van der Waals surface area contributed by atoms with Gasteiger partial charge in [-0.15, -0.1) is 0 Å². The molecule has 0 saturated carbocycles. The van der Waals surface area contributed by atoms with E-state index < -0.39 is 12.2 Å². The van der Waals surface area contributed by atoms with Gasteiger partial charge < -0.3 is 20.6 Å². The lowest BCUT2D eigenvalue weighted by Crippen LogP contribution is -2.16. The summed E-state index contributed by atoms with van der Waals surface area (Å²) in [6, 6.07) is 16.1. The number of nitrogens with zero attached hydrogens (tertiary/aromatic N) is 2. The zero-order valence-electron chi connectivity index (χ0n) is 14.2. The molecular formula is C20H16N4O3. The van der Waals surface area contributed by atoms with E-state index in [1.54, 1.807) is 42.7 Å². The fourth-order valence-corrected chi connectivity index (χ4v) is 2.87. The molecule has 134 valence electrons. The Morgan fingerprint density at radius 2 is 1.74 bits per heavy atom. The van der Waals surface area contributed by atoms with Crippen LogP contribution in [0.3, 0.4) is 0 Å². The second-order valence-corrected chi connectivity index (χ2v) is 5.99. The Hall–Kier alpha value is -3.71. The number of imidazole rings is 1. The summed E-state index contributed by atoms with van der Waals surface area (Å²) in [6.07, 6.45) is 1.72. The van der Waals surface area contributed by atoms with Gasteiger partial charge in [0.15, 0.2) is 0 Å². The summed E-state index contributed by atoms with van der Waals surface area (Å²) in [5, 5.41) is 10.5. The van der Waals surface area contributed by atoms with Crippen molar-refractivity contribution < 1.29 is 14.6 Å². The summed E-state index contributed by atoms with van der Waals surface area (Å²) in [7, 11) is 0. The largest absolute Gasteiger partial charge is 0.410 e. The molecule has 4 aromatic rings. The Kier molecular flexibility index (Phi) is 4.27. The fourth-order valence-electron chi connectivity index (χ4n) is 2.87. The molecule has 7 nitrogen and oxygen atoms in total. The number of aliphatic hydroxyl groups excluding tert-OH is 1. The molecule has 0 radical (unpaired) electrons. The normalized spacial score (nSPS) is 12.0. The molecule has 1 unspecified atom stereocenters. The van der Waals surface area contributed by atoms with E-state index in [0.29, 0.717) is 11.6 Å². The number of pyridine rings is 1. The van der Waals surface area contributed by atoms with E-state index in [-0.39, 0.29) is 0 Å². The highest BCUT2D eigenvalue weighted by Gasteiger charge is 2.12. The molecule has 2 aromatic heterocycles. The Bertz CT molecular complexity index is 1090. The standard InChI is InChI=1S/C20H16N4O3/c21-20(26)27-15-5-6-16-17(11-15)24-19(23-16)14-3-1-12(2-4-14)18(25)13-7-9-22-10-8-13/h1-11,18,25H,(H2,21,26)(H,23,24). The third-order valence-electron chi connectivity index (χ3n) is 4.19. The van der Waals surface area contributed by atoms with Crippen LogP contribution in [0.15, 0.2) is 67.0 Å². The minimum atomic E-state index is -0.863. The number of hydrogen-bond acceptors (Lipinski definition) is 5. The van der Waals surface area contributed by atoms with Gasteiger partial charge in [-0.05, 0) is 35.4 Å².